The standard InChI is InChI=1S/C12H13ClN4O2/c13-7-5-11-9-16(15-14-11)8-6-10-3-1-2-4-12(10)17(18)19/h1-4,9H,5-8H2. The number of rotatable bonds is 6. The Labute approximate surface area is 115 Å². The first-order valence-corrected chi connectivity index (χ1v) is 6.41. The van der Waals surface area contributed by atoms with Gasteiger partial charge in [0, 0.05) is 36.7 Å². The molecule has 1 aromatic carbocycles. The maximum atomic E-state index is 10.9. The number of alkyl halides is 1. The number of hydrogen-bond acceptors (Lipinski definition) is 4. The summed E-state index contributed by atoms with van der Waals surface area (Å²) in [4.78, 5) is 10.5. The van der Waals surface area contributed by atoms with Gasteiger partial charge < -0.3 is 0 Å². The van der Waals surface area contributed by atoms with Gasteiger partial charge in [-0.25, -0.2) is 0 Å². The van der Waals surface area contributed by atoms with Crippen molar-refractivity contribution in [3.05, 3.63) is 51.8 Å². The van der Waals surface area contributed by atoms with Crippen LogP contribution in [-0.2, 0) is 19.4 Å². The molecule has 0 aliphatic heterocycles. The second-order valence-electron chi connectivity index (χ2n) is 4.05. The molecule has 0 saturated carbocycles. The van der Waals surface area contributed by atoms with E-state index in [1.807, 2.05) is 6.20 Å². The summed E-state index contributed by atoms with van der Waals surface area (Å²) in [6.45, 7) is 0.556. The van der Waals surface area contributed by atoms with E-state index in [-0.39, 0.29) is 10.6 Å². The second kappa shape index (κ2) is 6.29. The fourth-order valence-electron chi connectivity index (χ4n) is 1.79. The van der Waals surface area contributed by atoms with Crippen molar-refractivity contribution in [3.8, 4) is 0 Å². The lowest BCUT2D eigenvalue weighted by atomic mass is 10.1. The summed E-state index contributed by atoms with van der Waals surface area (Å²) < 4.78 is 1.68. The molecule has 0 saturated heterocycles. The highest BCUT2D eigenvalue weighted by Crippen LogP contribution is 2.18. The SMILES string of the molecule is O=[N+]([O-])c1ccccc1CCn1cc(CCCl)nn1. The maximum absolute atomic E-state index is 10.9. The molecule has 0 spiro atoms. The molecule has 6 nitrogen and oxygen atoms in total. The van der Waals surface area contributed by atoms with E-state index in [4.69, 9.17) is 11.6 Å². The van der Waals surface area contributed by atoms with Crippen LogP contribution in [0.25, 0.3) is 0 Å². The Morgan fingerprint density at radius 3 is 2.84 bits per heavy atom. The van der Waals surface area contributed by atoms with Crippen LogP contribution in [-0.4, -0.2) is 25.8 Å². The van der Waals surface area contributed by atoms with Crippen molar-refractivity contribution < 1.29 is 4.92 Å². The van der Waals surface area contributed by atoms with Crippen molar-refractivity contribution in [1.29, 1.82) is 0 Å². The van der Waals surface area contributed by atoms with Crippen molar-refractivity contribution in [2.45, 2.75) is 19.4 Å². The number of para-hydroxylation sites is 1. The van der Waals surface area contributed by atoms with Crippen LogP contribution in [0.2, 0.25) is 0 Å². The van der Waals surface area contributed by atoms with Gasteiger partial charge in [-0.3, -0.25) is 14.8 Å². The van der Waals surface area contributed by atoms with E-state index in [0.29, 0.717) is 30.8 Å². The van der Waals surface area contributed by atoms with E-state index >= 15 is 0 Å². The van der Waals surface area contributed by atoms with E-state index in [1.165, 1.54) is 6.07 Å². The van der Waals surface area contributed by atoms with Crippen molar-refractivity contribution in [3.63, 3.8) is 0 Å². The number of halogens is 1. The molecular weight excluding hydrogens is 268 g/mol. The number of aryl methyl sites for hydroxylation is 3. The Kier molecular flexibility index (Phi) is 4.46. The van der Waals surface area contributed by atoms with Gasteiger partial charge in [0.15, 0.2) is 0 Å². The zero-order valence-corrected chi connectivity index (χ0v) is 11.0. The lowest BCUT2D eigenvalue weighted by molar-refractivity contribution is -0.385. The third-order valence-electron chi connectivity index (χ3n) is 2.74. The molecule has 0 amide bonds. The Balaban J connectivity index is 2.03. The third kappa shape index (κ3) is 3.51. The number of aromatic nitrogens is 3. The predicted molar refractivity (Wildman–Crippen MR) is 71.2 cm³/mol. The molecule has 2 aromatic rings. The van der Waals surface area contributed by atoms with Crippen molar-refractivity contribution in [1.82, 2.24) is 15.0 Å². The normalized spacial score (nSPS) is 10.6. The van der Waals surface area contributed by atoms with Crippen molar-refractivity contribution in [2.24, 2.45) is 0 Å². The highest BCUT2D eigenvalue weighted by atomic mass is 35.5. The number of nitro benzene ring substituents is 1. The number of nitrogens with zero attached hydrogens (tertiary/aromatic N) is 4. The molecule has 0 bridgehead atoms. The molecular formula is C12H13ClN4O2. The topological polar surface area (TPSA) is 73.8 Å². The first-order valence-electron chi connectivity index (χ1n) is 5.88. The summed E-state index contributed by atoms with van der Waals surface area (Å²) in [6.07, 6.45) is 3.03. The molecule has 1 heterocycles. The molecule has 0 aliphatic rings. The van der Waals surface area contributed by atoms with Crippen LogP contribution in [0.4, 0.5) is 5.69 Å². The molecule has 19 heavy (non-hydrogen) atoms. The summed E-state index contributed by atoms with van der Waals surface area (Å²) in [7, 11) is 0. The molecule has 7 heteroatoms. The van der Waals surface area contributed by atoms with E-state index in [9.17, 15) is 10.1 Å². The molecule has 0 radical (unpaired) electrons. The second-order valence-corrected chi connectivity index (χ2v) is 4.43. The van der Waals surface area contributed by atoms with Crippen LogP contribution in [0.15, 0.2) is 30.5 Å². The fraction of sp³-hybridized carbons (Fsp3) is 0.333. The number of benzene rings is 1. The molecule has 0 unspecified atom stereocenters. The molecule has 100 valence electrons. The van der Waals surface area contributed by atoms with Gasteiger partial charge in [0.05, 0.1) is 10.6 Å². The van der Waals surface area contributed by atoms with Gasteiger partial charge in [-0.15, -0.1) is 16.7 Å². The van der Waals surface area contributed by atoms with Gasteiger partial charge in [-0.1, -0.05) is 23.4 Å². The highest BCUT2D eigenvalue weighted by Gasteiger charge is 2.12. The lowest BCUT2D eigenvalue weighted by Gasteiger charge is -2.02. The molecule has 0 atom stereocenters. The van der Waals surface area contributed by atoms with Gasteiger partial charge in [0.25, 0.3) is 5.69 Å². The first kappa shape index (κ1) is 13.5. The summed E-state index contributed by atoms with van der Waals surface area (Å²) in [6, 6.07) is 6.72. The maximum Gasteiger partial charge on any atom is 0.272 e. The van der Waals surface area contributed by atoms with Crippen LogP contribution in [0.5, 0.6) is 0 Å². The minimum absolute atomic E-state index is 0.142. The van der Waals surface area contributed by atoms with Crippen molar-refractivity contribution >= 4 is 17.3 Å². The van der Waals surface area contributed by atoms with E-state index < -0.39 is 0 Å². The largest absolute Gasteiger partial charge is 0.272 e. The van der Waals surface area contributed by atoms with Crippen molar-refractivity contribution in [2.75, 3.05) is 5.88 Å². The zero-order valence-electron chi connectivity index (χ0n) is 10.2. The quantitative estimate of drug-likeness (QED) is 0.462. The Bertz CT molecular complexity index is 570. The van der Waals surface area contributed by atoms with Crippen LogP contribution in [0.3, 0.4) is 0 Å². The Morgan fingerprint density at radius 1 is 1.32 bits per heavy atom. The van der Waals surface area contributed by atoms with Gasteiger partial charge in [0.2, 0.25) is 0 Å². The minimum Gasteiger partial charge on any atom is -0.258 e. The van der Waals surface area contributed by atoms with E-state index in [1.54, 1.807) is 22.9 Å². The monoisotopic (exact) mass is 280 g/mol. The lowest BCUT2D eigenvalue weighted by Crippen LogP contribution is -2.04. The fourth-order valence-corrected chi connectivity index (χ4v) is 1.99. The van der Waals surface area contributed by atoms with Gasteiger partial charge in [0.1, 0.15) is 0 Å². The van der Waals surface area contributed by atoms with Gasteiger partial charge in [-0.2, -0.15) is 0 Å². The average molecular weight is 281 g/mol. The van der Waals surface area contributed by atoms with Gasteiger partial charge in [-0.05, 0) is 6.42 Å². The zero-order chi connectivity index (χ0) is 13.7. The highest BCUT2D eigenvalue weighted by molar-refractivity contribution is 6.17. The summed E-state index contributed by atoms with van der Waals surface area (Å²) in [5.74, 6) is 0.503. The third-order valence-corrected chi connectivity index (χ3v) is 2.92. The molecule has 0 aliphatic carbocycles. The van der Waals surface area contributed by atoms with Crippen LogP contribution >= 0.6 is 11.6 Å². The molecule has 0 N–H and O–H groups in total. The van der Waals surface area contributed by atoms with Crippen LogP contribution in [0, 0.1) is 10.1 Å². The summed E-state index contributed by atoms with van der Waals surface area (Å²) in [5, 5.41) is 18.8. The number of hydrogen-bond donors (Lipinski definition) is 0. The molecule has 0 fully saturated rings. The smallest absolute Gasteiger partial charge is 0.258 e. The van der Waals surface area contributed by atoms with Gasteiger partial charge >= 0.3 is 0 Å². The van der Waals surface area contributed by atoms with Crippen LogP contribution < -0.4 is 0 Å². The first-order chi connectivity index (χ1) is 9.20. The Hall–Kier alpha value is -1.95. The summed E-state index contributed by atoms with van der Waals surface area (Å²) >= 11 is 5.62. The average Bonchev–Trinajstić information content (AvgIpc) is 2.85. The summed E-state index contributed by atoms with van der Waals surface area (Å²) in [5.41, 5.74) is 1.67. The molecule has 1 aromatic heterocycles. The van der Waals surface area contributed by atoms with E-state index in [2.05, 4.69) is 10.3 Å². The predicted octanol–water partition coefficient (Wildman–Crippen LogP) is 2.21. The van der Waals surface area contributed by atoms with E-state index in [0.717, 1.165) is 5.69 Å². The van der Waals surface area contributed by atoms with Crippen LogP contribution in [0.1, 0.15) is 11.3 Å². The Morgan fingerprint density at radius 2 is 2.11 bits per heavy atom. The molecule has 2 rings (SSSR count). The minimum atomic E-state index is -0.365. The number of nitro groups is 1.